The molecule has 2 N–H and O–H groups in total. The first-order valence-corrected chi connectivity index (χ1v) is 9.70. The van der Waals surface area contributed by atoms with Gasteiger partial charge in [-0.1, -0.05) is 6.07 Å². The topological polar surface area (TPSA) is 63.1 Å². The average molecular weight is 394 g/mol. The standard InChI is InChI=1S/C19H23N3O2S.ClH/c1-13-8-11-22(15-6-9-20-10-7-15)19(24)17(13)18(23)21-14-4-3-5-16(12-14)25-2;/h3-5,8,11-12,15,20H,6-7,9-10H2,1-2H3,(H,21,23);1H. The van der Waals surface area contributed by atoms with E-state index in [0.717, 1.165) is 30.8 Å². The van der Waals surface area contributed by atoms with Crippen molar-refractivity contribution in [2.24, 2.45) is 0 Å². The minimum atomic E-state index is -0.343. The predicted molar refractivity (Wildman–Crippen MR) is 110 cm³/mol. The zero-order chi connectivity index (χ0) is 17.8. The van der Waals surface area contributed by atoms with Crippen molar-refractivity contribution in [1.82, 2.24) is 9.88 Å². The van der Waals surface area contributed by atoms with E-state index in [1.807, 2.05) is 42.8 Å². The molecule has 1 aliphatic heterocycles. The lowest BCUT2D eigenvalue weighted by Gasteiger charge is -2.25. The third-order valence-corrected chi connectivity index (χ3v) is 5.31. The summed E-state index contributed by atoms with van der Waals surface area (Å²) in [5.74, 6) is -0.343. The van der Waals surface area contributed by atoms with Gasteiger partial charge in [-0.25, -0.2) is 0 Å². The lowest BCUT2D eigenvalue weighted by molar-refractivity contribution is 0.102. The highest BCUT2D eigenvalue weighted by Crippen LogP contribution is 2.20. The van der Waals surface area contributed by atoms with E-state index < -0.39 is 0 Å². The molecule has 0 aliphatic carbocycles. The molecule has 26 heavy (non-hydrogen) atoms. The third-order valence-electron chi connectivity index (χ3n) is 4.58. The van der Waals surface area contributed by atoms with Crippen molar-refractivity contribution in [1.29, 1.82) is 0 Å². The summed E-state index contributed by atoms with van der Waals surface area (Å²) >= 11 is 1.61. The van der Waals surface area contributed by atoms with Crippen molar-refractivity contribution >= 4 is 35.8 Å². The Morgan fingerprint density at radius 1 is 1.27 bits per heavy atom. The van der Waals surface area contributed by atoms with E-state index in [9.17, 15) is 9.59 Å². The van der Waals surface area contributed by atoms with Crippen LogP contribution in [0.4, 0.5) is 5.69 Å². The largest absolute Gasteiger partial charge is 0.322 e. The summed E-state index contributed by atoms with van der Waals surface area (Å²) in [5, 5.41) is 6.17. The van der Waals surface area contributed by atoms with Gasteiger partial charge in [-0.3, -0.25) is 9.59 Å². The van der Waals surface area contributed by atoms with Crippen LogP contribution in [0.15, 0.2) is 46.2 Å². The molecule has 0 bridgehead atoms. The van der Waals surface area contributed by atoms with Crippen LogP contribution >= 0.6 is 24.2 Å². The molecular weight excluding hydrogens is 370 g/mol. The highest BCUT2D eigenvalue weighted by atomic mass is 35.5. The second-order valence-electron chi connectivity index (χ2n) is 6.25. The molecule has 0 unspecified atom stereocenters. The Kier molecular flexibility index (Phi) is 7.32. The summed E-state index contributed by atoms with van der Waals surface area (Å²) in [4.78, 5) is 26.7. The second kappa shape index (κ2) is 9.26. The minimum absolute atomic E-state index is 0. The predicted octanol–water partition coefficient (Wildman–Crippen LogP) is 3.48. The van der Waals surface area contributed by atoms with Gasteiger partial charge >= 0.3 is 0 Å². The number of hydrogen-bond acceptors (Lipinski definition) is 4. The number of pyridine rings is 1. The quantitative estimate of drug-likeness (QED) is 0.780. The maximum atomic E-state index is 12.9. The van der Waals surface area contributed by atoms with E-state index in [1.165, 1.54) is 0 Å². The highest BCUT2D eigenvalue weighted by molar-refractivity contribution is 7.98. The molecule has 140 valence electrons. The number of carbonyl (C=O) groups is 1. The van der Waals surface area contributed by atoms with Crippen LogP contribution in [0, 0.1) is 6.92 Å². The van der Waals surface area contributed by atoms with Gasteiger partial charge in [-0.05, 0) is 68.9 Å². The van der Waals surface area contributed by atoms with Gasteiger partial charge in [0.15, 0.2) is 0 Å². The zero-order valence-corrected chi connectivity index (χ0v) is 16.6. The molecule has 1 aliphatic rings. The number of carbonyl (C=O) groups excluding carboxylic acids is 1. The molecule has 5 nitrogen and oxygen atoms in total. The summed E-state index contributed by atoms with van der Waals surface area (Å²) in [6.45, 7) is 3.60. The summed E-state index contributed by atoms with van der Waals surface area (Å²) < 4.78 is 1.72. The molecule has 1 aromatic heterocycles. The van der Waals surface area contributed by atoms with Gasteiger partial charge in [-0.15, -0.1) is 24.2 Å². The van der Waals surface area contributed by atoms with Crippen LogP contribution in [0.25, 0.3) is 0 Å². The number of aromatic nitrogens is 1. The maximum absolute atomic E-state index is 12.9. The van der Waals surface area contributed by atoms with Crippen LogP contribution in [0.5, 0.6) is 0 Å². The molecule has 7 heteroatoms. The van der Waals surface area contributed by atoms with Gasteiger partial charge in [0.25, 0.3) is 11.5 Å². The van der Waals surface area contributed by atoms with Gasteiger partial charge in [-0.2, -0.15) is 0 Å². The zero-order valence-electron chi connectivity index (χ0n) is 15.0. The molecule has 2 heterocycles. The molecule has 1 amide bonds. The van der Waals surface area contributed by atoms with Crippen LogP contribution < -0.4 is 16.2 Å². The molecule has 2 aromatic rings. The van der Waals surface area contributed by atoms with Crippen molar-refractivity contribution in [2.45, 2.75) is 30.7 Å². The number of nitrogens with zero attached hydrogens (tertiary/aromatic N) is 1. The second-order valence-corrected chi connectivity index (χ2v) is 7.13. The van der Waals surface area contributed by atoms with Gasteiger partial charge in [0.05, 0.1) is 0 Å². The number of rotatable bonds is 4. The molecule has 3 rings (SSSR count). The van der Waals surface area contributed by atoms with Crippen LogP contribution in [-0.2, 0) is 0 Å². The Morgan fingerprint density at radius 3 is 2.69 bits per heavy atom. The Hall–Kier alpha value is -1.76. The van der Waals surface area contributed by atoms with Gasteiger partial charge in [0, 0.05) is 22.8 Å². The molecule has 1 fully saturated rings. The lowest BCUT2D eigenvalue weighted by atomic mass is 10.0. The van der Waals surface area contributed by atoms with Gasteiger partial charge < -0.3 is 15.2 Å². The van der Waals surface area contributed by atoms with Crippen molar-refractivity contribution in [2.75, 3.05) is 24.7 Å². The summed E-state index contributed by atoms with van der Waals surface area (Å²) in [6, 6.07) is 9.63. The van der Waals surface area contributed by atoms with E-state index in [-0.39, 0.29) is 35.5 Å². The number of piperidine rings is 1. The van der Waals surface area contributed by atoms with Crippen LogP contribution in [0.2, 0.25) is 0 Å². The van der Waals surface area contributed by atoms with Crippen molar-refractivity contribution < 1.29 is 4.79 Å². The molecule has 0 atom stereocenters. The van der Waals surface area contributed by atoms with Gasteiger partial charge in [0.1, 0.15) is 5.56 Å². The highest BCUT2D eigenvalue weighted by Gasteiger charge is 2.21. The first-order valence-electron chi connectivity index (χ1n) is 8.48. The SMILES string of the molecule is CSc1cccc(NC(=O)c2c(C)ccn(C3CCNCC3)c2=O)c1.Cl. The molecular formula is C19H24ClN3O2S. The number of thioether (sulfide) groups is 1. The average Bonchev–Trinajstić information content (AvgIpc) is 2.62. The Bertz CT molecular complexity index is 832. The molecule has 0 radical (unpaired) electrons. The number of benzene rings is 1. The van der Waals surface area contributed by atoms with E-state index >= 15 is 0 Å². The number of hydrogen-bond donors (Lipinski definition) is 2. The summed E-state index contributed by atoms with van der Waals surface area (Å²) in [7, 11) is 0. The van der Waals surface area contributed by atoms with E-state index in [0.29, 0.717) is 11.3 Å². The monoisotopic (exact) mass is 393 g/mol. The van der Waals surface area contributed by atoms with Crippen LogP contribution in [0.1, 0.15) is 34.8 Å². The van der Waals surface area contributed by atoms with E-state index in [4.69, 9.17) is 0 Å². The summed E-state index contributed by atoms with van der Waals surface area (Å²) in [5.41, 5.74) is 1.43. The first-order chi connectivity index (χ1) is 12.1. The smallest absolute Gasteiger partial charge is 0.263 e. The lowest BCUT2D eigenvalue weighted by Crippen LogP contribution is -2.37. The van der Waals surface area contributed by atoms with Crippen LogP contribution in [0.3, 0.4) is 0 Å². The maximum Gasteiger partial charge on any atom is 0.263 e. The fourth-order valence-electron chi connectivity index (χ4n) is 3.18. The van der Waals surface area contributed by atoms with E-state index in [2.05, 4.69) is 10.6 Å². The van der Waals surface area contributed by atoms with Crippen molar-refractivity contribution in [3.05, 3.63) is 58.0 Å². The molecule has 1 aromatic carbocycles. The van der Waals surface area contributed by atoms with E-state index in [1.54, 1.807) is 23.3 Å². The Labute approximate surface area is 164 Å². The molecule has 1 saturated heterocycles. The fraction of sp³-hybridized carbons (Fsp3) is 0.368. The third kappa shape index (κ3) is 4.50. The Balaban J connectivity index is 0.00000243. The van der Waals surface area contributed by atoms with Crippen molar-refractivity contribution in [3.63, 3.8) is 0 Å². The minimum Gasteiger partial charge on any atom is -0.322 e. The fourth-order valence-corrected chi connectivity index (χ4v) is 3.64. The normalized spacial score (nSPS) is 14.5. The first kappa shape index (κ1) is 20.6. The number of anilines is 1. The number of amides is 1. The van der Waals surface area contributed by atoms with Gasteiger partial charge in [0.2, 0.25) is 0 Å². The molecule has 0 saturated carbocycles. The van der Waals surface area contributed by atoms with Crippen LogP contribution in [-0.4, -0.2) is 29.8 Å². The number of halogens is 1. The Morgan fingerprint density at radius 2 is 2.00 bits per heavy atom. The number of nitrogens with one attached hydrogen (secondary N) is 2. The van der Waals surface area contributed by atoms with Crippen molar-refractivity contribution in [3.8, 4) is 0 Å². The molecule has 0 spiro atoms. The number of aryl methyl sites for hydroxylation is 1. The summed E-state index contributed by atoms with van der Waals surface area (Å²) in [6.07, 6.45) is 5.61.